The minimum Gasteiger partial charge on any atom is -0.441 e. The SMILES string of the molecule is COC(C(c1ccc(F)c(F)c1)c1ccc(F)c(F)c1)N1CCC2(CC1)CNC(=O)O2. The van der Waals surface area contributed by atoms with E-state index < -0.39 is 47.1 Å². The summed E-state index contributed by atoms with van der Waals surface area (Å²) in [5.41, 5.74) is 0.155. The van der Waals surface area contributed by atoms with Crippen LogP contribution >= 0.6 is 0 Å². The third-order valence-electron chi connectivity index (χ3n) is 6.07. The first kappa shape index (κ1) is 21.6. The monoisotopic (exact) mass is 438 g/mol. The third kappa shape index (κ3) is 4.24. The van der Waals surface area contributed by atoms with Crippen LogP contribution < -0.4 is 5.32 Å². The van der Waals surface area contributed by atoms with Gasteiger partial charge in [0.25, 0.3) is 0 Å². The summed E-state index contributed by atoms with van der Waals surface area (Å²) in [4.78, 5) is 13.5. The van der Waals surface area contributed by atoms with E-state index in [2.05, 4.69) is 5.32 Å². The highest BCUT2D eigenvalue weighted by molar-refractivity contribution is 5.70. The lowest BCUT2D eigenvalue weighted by molar-refractivity contribution is -0.0847. The van der Waals surface area contributed by atoms with Crippen molar-refractivity contribution in [2.45, 2.75) is 30.6 Å². The number of benzene rings is 2. The second-order valence-corrected chi connectivity index (χ2v) is 7.91. The lowest BCUT2D eigenvalue weighted by Gasteiger charge is -2.43. The highest BCUT2D eigenvalue weighted by Crippen LogP contribution is 2.37. The third-order valence-corrected chi connectivity index (χ3v) is 6.07. The number of alkyl carbamates (subject to hydrolysis) is 1. The van der Waals surface area contributed by atoms with Gasteiger partial charge in [-0.05, 0) is 35.4 Å². The van der Waals surface area contributed by atoms with Crippen molar-refractivity contribution < 1.29 is 31.8 Å². The van der Waals surface area contributed by atoms with Gasteiger partial charge in [0.1, 0.15) is 11.8 Å². The van der Waals surface area contributed by atoms with Gasteiger partial charge in [-0.15, -0.1) is 0 Å². The minimum atomic E-state index is -1.04. The molecule has 2 aromatic carbocycles. The van der Waals surface area contributed by atoms with Gasteiger partial charge < -0.3 is 14.8 Å². The predicted octanol–water partition coefficient (Wildman–Crippen LogP) is 3.92. The van der Waals surface area contributed by atoms with E-state index in [0.29, 0.717) is 43.6 Å². The predicted molar refractivity (Wildman–Crippen MR) is 103 cm³/mol. The molecular formula is C22H22F4N2O3. The van der Waals surface area contributed by atoms with Crippen LogP contribution in [0.5, 0.6) is 0 Å². The molecule has 9 heteroatoms. The van der Waals surface area contributed by atoms with Gasteiger partial charge in [0.2, 0.25) is 0 Å². The number of carbonyl (C=O) groups is 1. The molecule has 2 aliphatic heterocycles. The lowest BCUT2D eigenvalue weighted by Crippen LogP contribution is -2.52. The minimum absolute atomic E-state index is 0.367. The molecule has 4 rings (SSSR count). The molecule has 0 saturated carbocycles. The fraction of sp³-hybridized carbons (Fsp3) is 0.409. The van der Waals surface area contributed by atoms with E-state index in [0.717, 1.165) is 24.3 Å². The topological polar surface area (TPSA) is 50.8 Å². The number of piperidine rings is 1. The molecule has 2 heterocycles. The summed E-state index contributed by atoms with van der Waals surface area (Å²) in [5.74, 6) is -4.80. The molecule has 2 aliphatic rings. The van der Waals surface area contributed by atoms with Gasteiger partial charge in [0.15, 0.2) is 23.3 Å². The zero-order valence-electron chi connectivity index (χ0n) is 16.8. The summed E-state index contributed by atoms with van der Waals surface area (Å²) in [6.45, 7) is 1.42. The average molecular weight is 438 g/mol. The van der Waals surface area contributed by atoms with Crippen molar-refractivity contribution in [1.82, 2.24) is 10.2 Å². The number of rotatable bonds is 5. The molecule has 0 aromatic heterocycles. The van der Waals surface area contributed by atoms with Crippen LogP contribution in [-0.4, -0.2) is 49.6 Å². The van der Waals surface area contributed by atoms with Gasteiger partial charge in [0, 0.05) is 39.0 Å². The summed E-state index contributed by atoms with van der Waals surface area (Å²) in [5, 5.41) is 2.67. The average Bonchev–Trinajstić information content (AvgIpc) is 3.11. The molecule has 1 unspecified atom stereocenters. The van der Waals surface area contributed by atoms with Crippen LogP contribution in [-0.2, 0) is 9.47 Å². The second-order valence-electron chi connectivity index (χ2n) is 7.91. The van der Waals surface area contributed by atoms with Crippen molar-refractivity contribution in [2.24, 2.45) is 0 Å². The number of methoxy groups -OCH3 is 1. The second kappa shape index (κ2) is 8.47. The zero-order valence-corrected chi connectivity index (χ0v) is 16.8. The summed E-state index contributed by atoms with van der Waals surface area (Å²) < 4.78 is 66.3. The van der Waals surface area contributed by atoms with Crippen LogP contribution in [0.2, 0.25) is 0 Å². The molecule has 0 aliphatic carbocycles. The van der Waals surface area contributed by atoms with Gasteiger partial charge in [-0.1, -0.05) is 12.1 Å². The molecule has 1 amide bonds. The first-order chi connectivity index (χ1) is 14.8. The van der Waals surface area contributed by atoms with Crippen molar-refractivity contribution in [3.8, 4) is 0 Å². The quantitative estimate of drug-likeness (QED) is 0.719. The maximum atomic E-state index is 14.0. The van der Waals surface area contributed by atoms with Crippen molar-refractivity contribution in [3.05, 3.63) is 70.8 Å². The van der Waals surface area contributed by atoms with Crippen molar-refractivity contribution in [3.63, 3.8) is 0 Å². The molecule has 2 fully saturated rings. The summed E-state index contributed by atoms with van der Waals surface area (Å²) in [7, 11) is 1.47. The molecule has 166 valence electrons. The first-order valence-corrected chi connectivity index (χ1v) is 9.95. The van der Waals surface area contributed by atoms with Crippen LogP contribution in [0.15, 0.2) is 36.4 Å². The maximum absolute atomic E-state index is 14.0. The van der Waals surface area contributed by atoms with E-state index in [1.165, 1.54) is 19.2 Å². The Bertz CT molecular complexity index is 928. The Morgan fingerprint density at radius 1 is 0.968 bits per heavy atom. The van der Waals surface area contributed by atoms with Crippen LogP contribution in [0.1, 0.15) is 29.9 Å². The van der Waals surface area contributed by atoms with Crippen molar-refractivity contribution in [1.29, 1.82) is 0 Å². The number of amides is 1. The largest absolute Gasteiger partial charge is 0.441 e. The maximum Gasteiger partial charge on any atom is 0.407 e. The fourth-order valence-electron chi connectivity index (χ4n) is 4.40. The lowest BCUT2D eigenvalue weighted by atomic mass is 9.86. The van der Waals surface area contributed by atoms with Crippen LogP contribution in [0, 0.1) is 23.3 Å². The van der Waals surface area contributed by atoms with Crippen molar-refractivity contribution >= 4 is 6.09 Å². The number of nitrogens with one attached hydrogen (secondary N) is 1. The zero-order chi connectivity index (χ0) is 22.2. The normalized spacial score (nSPS) is 19.5. The molecule has 1 N–H and O–H groups in total. The summed E-state index contributed by atoms with van der Waals surface area (Å²) in [6.07, 6.45) is -0.0165. The van der Waals surface area contributed by atoms with Crippen molar-refractivity contribution in [2.75, 3.05) is 26.7 Å². The number of hydrogen-bond donors (Lipinski definition) is 1. The van der Waals surface area contributed by atoms with E-state index in [1.807, 2.05) is 4.90 Å². The van der Waals surface area contributed by atoms with Gasteiger partial charge in [0.05, 0.1) is 6.54 Å². The summed E-state index contributed by atoms with van der Waals surface area (Å²) >= 11 is 0. The summed E-state index contributed by atoms with van der Waals surface area (Å²) in [6, 6.07) is 6.90. The van der Waals surface area contributed by atoms with Crippen LogP contribution in [0.25, 0.3) is 0 Å². The molecule has 31 heavy (non-hydrogen) atoms. The molecule has 5 nitrogen and oxygen atoms in total. The standard InChI is InChI=1S/C22H22F4N2O3/c1-30-20(28-8-6-22(7-9-28)12-27-21(29)31-22)19(13-2-4-15(23)17(25)10-13)14-3-5-16(24)18(26)11-14/h2-5,10-11,19-20H,6-9,12H2,1H3,(H,27,29). The van der Waals surface area contributed by atoms with E-state index in [-0.39, 0.29) is 0 Å². The number of likely N-dealkylation sites (tertiary alicyclic amines) is 1. The highest BCUT2D eigenvalue weighted by atomic mass is 19.2. The number of ether oxygens (including phenoxy) is 2. The van der Waals surface area contributed by atoms with E-state index in [1.54, 1.807) is 0 Å². The van der Waals surface area contributed by atoms with Crippen LogP contribution in [0.3, 0.4) is 0 Å². The van der Waals surface area contributed by atoms with Gasteiger partial charge in [-0.3, -0.25) is 4.90 Å². The Labute approximate surface area is 176 Å². The first-order valence-electron chi connectivity index (χ1n) is 9.95. The van der Waals surface area contributed by atoms with E-state index in [9.17, 15) is 22.4 Å². The van der Waals surface area contributed by atoms with Crippen LogP contribution in [0.4, 0.5) is 22.4 Å². The van der Waals surface area contributed by atoms with Gasteiger partial charge in [-0.25, -0.2) is 22.4 Å². The van der Waals surface area contributed by atoms with E-state index >= 15 is 0 Å². The Balaban J connectivity index is 1.66. The van der Waals surface area contributed by atoms with Gasteiger partial charge >= 0.3 is 6.09 Å². The number of nitrogens with zero attached hydrogens (tertiary/aromatic N) is 1. The highest BCUT2D eigenvalue weighted by Gasteiger charge is 2.45. The molecule has 2 aromatic rings. The molecule has 1 atom stereocenters. The Kier molecular flexibility index (Phi) is 5.90. The van der Waals surface area contributed by atoms with Gasteiger partial charge in [-0.2, -0.15) is 0 Å². The Morgan fingerprint density at radius 3 is 1.94 bits per heavy atom. The molecule has 0 radical (unpaired) electrons. The number of hydrogen-bond acceptors (Lipinski definition) is 4. The molecule has 1 spiro atoms. The Morgan fingerprint density at radius 2 is 1.52 bits per heavy atom. The smallest absolute Gasteiger partial charge is 0.407 e. The van der Waals surface area contributed by atoms with E-state index in [4.69, 9.17) is 9.47 Å². The number of halogens is 4. The number of carbonyl (C=O) groups excluding carboxylic acids is 1. The fourth-order valence-corrected chi connectivity index (χ4v) is 4.40. The molecule has 2 saturated heterocycles. The molecule has 0 bridgehead atoms. The molecular weight excluding hydrogens is 416 g/mol. The Hall–Kier alpha value is -2.65.